The number of nitrogens with zero attached hydrogens (tertiary/aromatic N) is 1. The average molecular weight is 251 g/mol. The van der Waals surface area contributed by atoms with Crippen molar-refractivity contribution >= 4 is 23.2 Å². The first-order chi connectivity index (χ1) is 8.19. The third-order valence-corrected chi connectivity index (χ3v) is 2.51. The van der Waals surface area contributed by atoms with Crippen LogP contribution in [0.4, 0.5) is 5.69 Å². The standard InChI is InChI=1S/C12H11ClN2O2/c1-8-5-11(15-17-8)12(16)14-10-4-2-3-9(6-10)7-13/h2-6H,7H2,1H3,(H,14,16). The number of aryl methyl sites for hydroxylation is 1. The van der Waals surface area contributed by atoms with Crippen molar-refractivity contribution in [2.75, 3.05) is 5.32 Å². The number of hydrogen-bond acceptors (Lipinski definition) is 3. The lowest BCUT2D eigenvalue weighted by Crippen LogP contribution is -2.12. The van der Waals surface area contributed by atoms with Crippen LogP contribution in [-0.2, 0) is 5.88 Å². The minimum atomic E-state index is -0.298. The molecular weight excluding hydrogens is 240 g/mol. The van der Waals surface area contributed by atoms with Gasteiger partial charge in [0.2, 0.25) is 0 Å². The van der Waals surface area contributed by atoms with Gasteiger partial charge in [-0.15, -0.1) is 11.6 Å². The summed E-state index contributed by atoms with van der Waals surface area (Å²) >= 11 is 5.72. The zero-order chi connectivity index (χ0) is 12.3. The third kappa shape index (κ3) is 2.85. The molecule has 0 unspecified atom stereocenters. The highest BCUT2D eigenvalue weighted by Gasteiger charge is 2.10. The number of halogens is 1. The zero-order valence-corrected chi connectivity index (χ0v) is 9.99. The number of anilines is 1. The molecule has 0 fully saturated rings. The maximum absolute atomic E-state index is 11.8. The van der Waals surface area contributed by atoms with Crippen molar-refractivity contribution in [3.05, 3.63) is 47.3 Å². The summed E-state index contributed by atoms with van der Waals surface area (Å²) in [7, 11) is 0. The lowest BCUT2D eigenvalue weighted by Gasteiger charge is -2.03. The topological polar surface area (TPSA) is 55.1 Å². The van der Waals surface area contributed by atoms with E-state index in [4.69, 9.17) is 16.1 Å². The van der Waals surface area contributed by atoms with E-state index in [1.807, 2.05) is 18.2 Å². The molecule has 17 heavy (non-hydrogen) atoms. The predicted octanol–water partition coefficient (Wildman–Crippen LogP) is 2.97. The van der Waals surface area contributed by atoms with Gasteiger partial charge in [0.15, 0.2) is 5.69 Å². The molecule has 0 saturated carbocycles. The van der Waals surface area contributed by atoms with Gasteiger partial charge in [0, 0.05) is 17.6 Å². The Morgan fingerprint density at radius 3 is 2.94 bits per heavy atom. The van der Waals surface area contributed by atoms with Crippen molar-refractivity contribution in [1.29, 1.82) is 0 Å². The molecule has 0 aliphatic carbocycles. The van der Waals surface area contributed by atoms with Crippen LogP contribution < -0.4 is 5.32 Å². The molecule has 1 aromatic carbocycles. The summed E-state index contributed by atoms with van der Waals surface area (Å²) < 4.78 is 4.84. The van der Waals surface area contributed by atoms with Crippen molar-refractivity contribution in [2.45, 2.75) is 12.8 Å². The van der Waals surface area contributed by atoms with Gasteiger partial charge >= 0.3 is 0 Å². The fourth-order valence-electron chi connectivity index (χ4n) is 1.40. The van der Waals surface area contributed by atoms with E-state index >= 15 is 0 Å². The van der Waals surface area contributed by atoms with E-state index in [0.717, 1.165) is 5.56 Å². The summed E-state index contributed by atoms with van der Waals surface area (Å²) in [5.41, 5.74) is 1.90. The molecule has 0 saturated heterocycles. The lowest BCUT2D eigenvalue weighted by atomic mass is 10.2. The maximum Gasteiger partial charge on any atom is 0.277 e. The highest BCUT2D eigenvalue weighted by molar-refractivity contribution is 6.17. The fourth-order valence-corrected chi connectivity index (χ4v) is 1.57. The van der Waals surface area contributed by atoms with Crippen LogP contribution in [0, 0.1) is 6.92 Å². The lowest BCUT2D eigenvalue weighted by molar-refractivity contribution is 0.101. The number of rotatable bonds is 3. The van der Waals surface area contributed by atoms with Gasteiger partial charge in [-0.25, -0.2) is 0 Å². The second-order valence-corrected chi connectivity index (χ2v) is 3.88. The van der Waals surface area contributed by atoms with Crippen LogP contribution in [-0.4, -0.2) is 11.1 Å². The highest BCUT2D eigenvalue weighted by Crippen LogP contribution is 2.13. The first-order valence-corrected chi connectivity index (χ1v) is 5.62. The predicted molar refractivity (Wildman–Crippen MR) is 65.2 cm³/mol. The van der Waals surface area contributed by atoms with Gasteiger partial charge in [-0.3, -0.25) is 4.79 Å². The summed E-state index contributed by atoms with van der Waals surface area (Å²) in [6.45, 7) is 1.73. The van der Waals surface area contributed by atoms with Gasteiger partial charge in [-0.2, -0.15) is 0 Å². The Morgan fingerprint density at radius 2 is 2.29 bits per heavy atom. The molecule has 1 N–H and O–H groups in total. The van der Waals surface area contributed by atoms with Crippen LogP contribution in [0.5, 0.6) is 0 Å². The molecular formula is C12H11ClN2O2. The number of hydrogen-bond donors (Lipinski definition) is 1. The number of nitrogens with one attached hydrogen (secondary N) is 1. The fraction of sp³-hybridized carbons (Fsp3) is 0.167. The van der Waals surface area contributed by atoms with Crippen LogP contribution in [0.25, 0.3) is 0 Å². The van der Waals surface area contributed by atoms with Gasteiger partial charge < -0.3 is 9.84 Å². The second kappa shape index (κ2) is 5.01. The molecule has 0 bridgehead atoms. The van der Waals surface area contributed by atoms with Crippen molar-refractivity contribution in [3.8, 4) is 0 Å². The zero-order valence-electron chi connectivity index (χ0n) is 9.24. The van der Waals surface area contributed by atoms with Crippen LogP contribution >= 0.6 is 11.6 Å². The van der Waals surface area contributed by atoms with Crippen molar-refractivity contribution in [1.82, 2.24) is 5.16 Å². The summed E-state index contributed by atoms with van der Waals surface area (Å²) in [4.78, 5) is 11.8. The Hall–Kier alpha value is -1.81. The van der Waals surface area contributed by atoms with Crippen molar-refractivity contribution in [2.24, 2.45) is 0 Å². The summed E-state index contributed by atoms with van der Waals surface area (Å²) in [6, 6.07) is 8.92. The van der Waals surface area contributed by atoms with Crippen LogP contribution in [0.1, 0.15) is 21.8 Å². The molecule has 0 spiro atoms. The van der Waals surface area contributed by atoms with Crippen LogP contribution in [0.3, 0.4) is 0 Å². The van der Waals surface area contributed by atoms with E-state index in [2.05, 4.69) is 10.5 Å². The Kier molecular flexibility index (Phi) is 3.44. The van der Waals surface area contributed by atoms with Crippen molar-refractivity contribution < 1.29 is 9.32 Å². The number of benzene rings is 1. The average Bonchev–Trinajstić information content (AvgIpc) is 2.76. The second-order valence-electron chi connectivity index (χ2n) is 3.61. The molecule has 0 atom stereocenters. The molecule has 0 aliphatic heterocycles. The molecule has 1 aromatic heterocycles. The number of aromatic nitrogens is 1. The minimum absolute atomic E-state index is 0.263. The molecule has 2 aromatic rings. The van der Waals surface area contributed by atoms with E-state index in [1.165, 1.54) is 0 Å². The molecule has 5 heteroatoms. The summed E-state index contributed by atoms with van der Waals surface area (Å²) in [5.74, 6) is 0.713. The Balaban J connectivity index is 2.12. The SMILES string of the molecule is Cc1cc(C(=O)Nc2cccc(CCl)c2)no1. The molecule has 0 aliphatic rings. The summed E-state index contributed by atoms with van der Waals surface area (Å²) in [6.07, 6.45) is 0. The van der Waals surface area contributed by atoms with Gasteiger partial charge in [-0.1, -0.05) is 17.3 Å². The molecule has 88 valence electrons. The number of amides is 1. The van der Waals surface area contributed by atoms with Gasteiger partial charge in [0.05, 0.1) is 0 Å². The van der Waals surface area contributed by atoms with Gasteiger partial charge in [-0.05, 0) is 24.6 Å². The maximum atomic E-state index is 11.8. The first-order valence-electron chi connectivity index (χ1n) is 5.08. The number of alkyl halides is 1. The molecule has 2 rings (SSSR count). The molecule has 0 radical (unpaired) electrons. The van der Waals surface area contributed by atoms with Crippen LogP contribution in [0.2, 0.25) is 0 Å². The van der Waals surface area contributed by atoms with E-state index in [-0.39, 0.29) is 11.6 Å². The number of carbonyl (C=O) groups excluding carboxylic acids is 1. The smallest absolute Gasteiger partial charge is 0.277 e. The van der Waals surface area contributed by atoms with E-state index in [1.54, 1.807) is 19.1 Å². The quantitative estimate of drug-likeness (QED) is 0.852. The molecule has 1 heterocycles. The van der Waals surface area contributed by atoms with Gasteiger partial charge in [0.1, 0.15) is 5.76 Å². The Morgan fingerprint density at radius 1 is 1.47 bits per heavy atom. The molecule has 4 nitrogen and oxygen atoms in total. The summed E-state index contributed by atoms with van der Waals surface area (Å²) in [5, 5.41) is 6.37. The Bertz CT molecular complexity index is 537. The Labute approximate surface area is 104 Å². The van der Waals surface area contributed by atoms with Crippen molar-refractivity contribution in [3.63, 3.8) is 0 Å². The highest BCUT2D eigenvalue weighted by atomic mass is 35.5. The molecule has 1 amide bonds. The normalized spacial score (nSPS) is 10.2. The number of carbonyl (C=O) groups is 1. The van der Waals surface area contributed by atoms with Gasteiger partial charge in [0.25, 0.3) is 5.91 Å². The first kappa shape index (κ1) is 11.7. The largest absolute Gasteiger partial charge is 0.361 e. The minimum Gasteiger partial charge on any atom is -0.361 e. The van der Waals surface area contributed by atoms with E-state index in [9.17, 15) is 4.79 Å². The third-order valence-electron chi connectivity index (χ3n) is 2.20. The monoisotopic (exact) mass is 250 g/mol. The van der Waals surface area contributed by atoms with E-state index in [0.29, 0.717) is 17.3 Å². The van der Waals surface area contributed by atoms with Crippen LogP contribution in [0.15, 0.2) is 34.9 Å². The van der Waals surface area contributed by atoms with E-state index < -0.39 is 0 Å².